The lowest BCUT2D eigenvalue weighted by Gasteiger charge is -2.18. The summed E-state index contributed by atoms with van der Waals surface area (Å²) in [5.74, 6) is 0.0900. The Bertz CT molecular complexity index is 913. The second-order valence-electron chi connectivity index (χ2n) is 7.38. The number of benzene rings is 2. The van der Waals surface area contributed by atoms with Crippen molar-refractivity contribution >= 4 is 23.5 Å². The van der Waals surface area contributed by atoms with Gasteiger partial charge < -0.3 is 20.1 Å². The van der Waals surface area contributed by atoms with Crippen LogP contribution in [-0.2, 0) is 32.0 Å². The zero-order valence-corrected chi connectivity index (χ0v) is 17.7. The zero-order valence-electron chi connectivity index (χ0n) is 17.7. The number of carbonyl (C=O) groups excluding carboxylic acids is 3. The zero-order chi connectivity index (χ0) is 22.1. The topological polar surface area (TPSA) is 93.7 Å². The molecule has 1 aliphatic heterocycles. The van der Waals surface area contributed by atoms with Gasteiger partial charge >= 0.3 is 5.97 Å². The van der Waals surface area contributed by atoms with Gasteiger partial charge in [0.1, 0.15) is 11.8 Å². The Hall–Kier alpha value is -3.35. The minimum Gasteiger partial charge on any atom is -0.494 e. The summed E-state index contributed by atoms with van der Waals surface area (Å²) in [6.45, 7) is 2.38. The molecule has 1 heterocycles. The first-order chi connectivity index (χ1) is 15.0. The lowest BCUT2D eigenvalue weighted by molar-refractivity contribution is -0.147. The quantitative estimate of drug-likeness (QED) is 0.452. The van der Waals surface area contributed by atoms with Gasteiger partial charge in [-0.15, -0.1) is 0 Å². The van der Waals surface area contributed by atoms with Crippen LogP contribution in [0.25, 0.3) is 0 Å². The summed E-state index contributed by atoms with van der Waals surface area (Å²) in [6.07, 6.45) is 2.30. The lowest BCUT2D eigenvalue weighted by Crippen LogP contribution is -2.43. The molecule has 164 valence electrons. The van der Waals surface area contributed by atoms with Gasteiger partial charge in [-0.2, -0.15) is 0 Å². The molecule has 1 unspecified atom stereocenters. The fourth-order valence-electron chi connectivity index (χ4n) is 3.42. The molecule has 31 heavy (non-hydrogen) atoms. The van der Waals surface area contributed by atoms with Gasteiger partial charge in [0.2, 0.25) is 11.8 Å². The van der Waals surface area contributed by atoms with E-state index in [1.165, 1.54) is 0 Å². The maximum Gasteiger partial charge on any atom is 0.328 e. The Morgan fingerprint density at radius 3 is 2.71 bits per heavy atom. The predicted molar refractivity (Wildman–Crippen MR) is 117 cm³/mol. The van der Waals surface area contributed by atoms with E-state index in [1.54, 1.807) is 13.0 Å². The van der Waals surface area contributed by atoms with Gasteiger partial charge in [0.25, 0.3) is 0 Å². The highest BCUT2D eigenvalue weighted by molar-refractivity contribution is 5.94. The third-order valence-corrected chi connectivity index (χ3v) is 4.98. The fraction of sp³-hybridized carbons (Fsp3) is 0.375. The van der Waals surface area contributed by atoms with E-state index in [0.29, 0.717) is 38.0 Å². The average molecular weight is 424 g/mol. The van der Waals surface area contributed by atoms with Crippen molar-refractivity contribution in [3.05, 3.63) is 59.7 Å². The largest absolute Gasteiger partial charge is 0.494 e. The monoisotopic (exact) mass is 424 g/mol. The second-order valence-corrected chi connectivity index (χ2v) is 7.38. The number of aryl methyl sites for hydroxylation is 1. The predicted octanol–water partition coefficient (Wildman–Crippen LogP) is 3.02. The summed E-state index contributed by atoms with van der Waals surface area (Å²) in [7, 11) is 0. The summed E-state index contributed by atoms with van der Waals surface area (Å²) in [4.78, 5) is 36.1. The highest BCUT2D eigenvalue weighted by Crippen LogP contribution is 2.26. The van der Waals surface area contributed by atoms with Crippen LogP contribution in [0, 0.1) is 0 Å². The van der Waals surface area contributed by atoms with E-state index in [2.05, 4.69) is 10.6 Å². The van der Waals surface area contributed by atoms with Gasteiger partial charge in [-0.25, -0.2) is 4.79 Å². The molecule has 0 spiro atoms. The third kappa shape index (κ3) is 6.84. The third-order valence-electron chi connectivity index (χ3n) is 4.98. The smallest absolute Gasteiger partial charge is 0.328 e. The van der Waals surface area contributed by atoms with E-state index in [9.17, 15) is 14.4 Å². The molecule has 0 aromatic heterocycles. The summed E-state index contributed by atoms with van der Waals surface area (Å²) < 4.78 is 10.9. The highest BCUT2D eigenvalue weighted by atomic mass is 16.5. The van der Waals surface area contributed by atoms with Crippen LogP contribution < -0.4 is 15.4 Å². The molecule has 0 aliphatic carbocycles. The van der Waals surface area contributed by atoms with Crippen LogP contribution in [0.1, 0.15) is 37.3 Å². The molecule has 3 rings (SSSR count). The van der Waals surface area contributed by atoms with Gasteiger partial charge in [-0.1, -0.05) is 30.3 Å². The van der Waals surface area contributed by atoms with Gasteiger partial charge in [0, 0.05) is 24.9 Å². The maximum absolute atomic E-state index is 12.4. The maximum atomic E-state index is 12.4. The summed E-state index contributed by atoms with van der Waals surface area (Å²) in [5.41, 5.74) is 2.83. The minimum absolute atomic E-state index is 0.0283. The molecule has 0 saturated carbocycles. The average Bonchev–Trinajstić information content (AvgIpc) is 2.77. The summed E-state index contributed by atoms with van der Waals surface area (Å²) in [6, 6.07) is 14.4. The molecule has 2 aromatic carbocycles. The summed E-state index contributed by atoms with van der Waals surface area (Å²) >= 11 is 0. The van der Waals surface area contributed by atoms with Crippen molar-refractivity contribution in [1.29, 1.82) is 0 Å². The first-order valence-corrected chi connectivity index (χ1v) is 10.6. The Labute approximate surface area is 182 Å². The Morgan fingerprint density at radius 1 is 1.13 bits per heavy atom. The van der Waals surface area contributed by atoms with Crippen LogP contribution in [-0.4, -0.2) is 37.0 Å². The van der Waals surface area contributed by atoms with Crippen LogP contribution in [0.2, 0.25) is 0 Å². The molecule has 0 bridgehead atoms. The van der Waals surface area contributed by atoms with Crippen molar-refractivity contribution in [2.75, 3.05) is 18.5 Å². The molecule has 2 amide bonds. The van der Waals surface area contributed by atoms with E-state index in [-0.39, 0.29) is 24.8 Å². The standard InChI is InChI=1S/C24H28N2O5/c1-2-30-24(29)21(15-17-7-4-3-5-8-17)26-22(27)9-6-14-31-19-11-12-20-18(16-19)10-13-23(28)25-20/h3-5,7-8,11-12,16,21H,2,6,9-10,13-15H2,1H3,(H,25,28)(H,26,27). The Balaban J connectivity index is 1.45. The van der Waals surface area contributed by atoms with Gasteiger partial charge in [0.15, 0.2) is 0 Å². The number of hydrogen-bond acceptors (Lipinski definition) is 5. The number of nitrogens with one attached hydrogen (secondary N) is 2. The number of hydrogen-bond donors (Lipinski definition) is 2. The molecule has 2 N–H and O–H groups in total. The van der Waals surface area contributed by atoms with Crippen molar-refractivity contribution < 1.29 is 23.9 Å². The van der Waals surface area contributed by atoms with Crippen molar-refractivity contribution in [1.82, 2.24) is 5.32 Å². The van der Waals surface area contributed by atoms with Crippen LogP contribution in [0.5, 0.6) is 5.75 Å². The van der Waals surface area contributed by atoms with Crippen LogP contribution >= 0.6 is 0 Å². The van der Waals surface area contributed by atoms with Gasteiger partial charge in [0.05, 0.1) is 13.2 Å². The number of carbonyl (C=O) groups is 3. The van der Waals surface area contributed by atoms with Crippen molar-refractivity contribution in [2.24, 2.45) is 0 Å². The van der Waals surface area contributed by atoms with Gasteiger partial charge in [-0.05, 0) is 49.1 Å². The van der Waals surface area contributed by atoms with Crippen LogP contribution in [0.4, 0.5) is 5.69 Å². The van der Waals surface area contributed by atoms with Crippen molar-refractivity contribution in [2.45, 2.75) is 45.1 Å². The molecule has 0 saturated heterocycles. The van der Waals surface area contributed by atoms with Gasteiger partial charge in [-0.3, -0.25) is 9.59 Å². The molecule has 1 atom stereocenters. The summed E-state index contributed by atoms with van der Waals surface area (Å²) in [5, 5.41) is 5.62. The molecular weight excluding hydrogens is 396 g/mol. The van der Waals surface area contributed by atoms with E-state index in [0.717, 1.165) is 16.8 Å². The number of rotatable bonds is 10. The van der Waals surface area contributed by atoms with E-state index in [4.69, 9.17) is 9.47 Å². The first-order valence-electron chi connectivity index (χ1n) is 10.6. The highest BCUT2D eigenvalue weighted by Gasteiger charge is 2.22. The number of esters is 1. The molecule has 7 heteroatoms. The Morgan fingerprint density at radius 2 is 1.94 bits per heavy atom. The van der Waals surface area contributed by atoms with Crippen LogP contribution in [0.15, 0.2) is 48.5 Å². The molecule has 7 nitrogen and oxygen atoms in total. The lowest BCUT2D eigenvalue weighted by atomic mass is 10.0. The normalized spacial score (nSPS) is 13.5. The van der Waals surface area contributed by atoms with E-state index < -0.39 is 12.0 Å². The SMILES string of the molecule is CCOC(=O)C(Cc1ccccc1)NC(=O)CCCOc1ccc2c(c1)CCC(=O)N2. The minimum atomic E-state index is -0.716. The molecule has 0 fully saturated rings. The molecule has 2 aromatic rings. The van der Waals surface area contributed by atoms with Crippen molar-refractivity contribution in [3.63, 3.8) is 0 Å². The number of amides is 2. The van der Waals surface area contributed by atoms with Crippen LogP contribution in [0.3, 0.4) is 0 Å². The molecule has 1 aliphatic rings. The Kier molecular flexibility index (Phi) is 8.04. The molecular formula is C24H28N2O5. The number of anilines is 1. The first kappa shape index (κ1) is 22.3. The molecule has 0 radical (unpaired) electrons. The van der Waals surface area contributed by atoms with E-state index in [1.807, 2.05) is 42.5 Å². The number of fused-ring (bicyclic) bond motifs is 1. The second kappa shape index (κ2) is 11.2. The fourth-order valence-corrected chi connectivity index (χ4v) is 3.42. The van der Waals surface area contributed by atoms with E-state index >= 15 is 0 Å². The number of ether oxygens (including phenoxy) is 2. The van der Waals surface area contributed by atoms with Crippen molar-refractivity contribution in [3.8, 4) is 5.75 Å².